The quantitative estimate of drug-likeness (QED) is 0.801. The molecular formula is C14H20BrF2NO. The zero-order valence-electron chi connectivity index (χ0n) is 11.7. The number of nitrogens with one attached hydrogen (secondary N) is 1. The van der Waals surface area contributed by atoms with Gasteiger partial charge in [-0.15, -0.1) is 0 Å². The standard InChI is InChI=1S/C14H20BrF2NO/c1-14(2,19-4)8-9(18-3)7-10-12(16)6-5-11(15)13(10)17/h5-6,9,18H,7-8H2,1-4H3. The number of ether oxygens (including phenoxy) is 1. The summed E-state index contributed by atoms with van der Waals surface area (Å²) >= 11 is 3.08. The van der Waals surface area contributed by atoms with Gasteiger partial charge in [-0.25, -0.2) is 8.78 Å². The molecule has 5 heteroatoms. The van der Waals surface area contributed by atoms with E-state index in [0.717, 1.165) is 0 Å². The molecule has 0 saturated heterocycles. The van der Waals surface area contributed by atoms with Crippen LogP contribution < -0.4 is 5.32 Å². The fraction of sp³-hybridized carbons (Fsp3) is 0.571. The average Bonchev–Trinajstić information content (AvgIpc) is 2.37. The summed E-state index contributed by atoms with van der Waals surface area (Å²) in [6.07, 6.45) is 0.936. The van der Waals surface area contributed by atoms with Crippen LogP contribution in [0.5, 0.6) is 0 Å². The maximum absolute atomic E-state index is 13.9. The number of hydrogen-bond donors (Lipinski definition) is 1. The van der Waals surface area contributed by atoms with E-state index in [4.69, 9.17) is 4.74 Å². The van der Waals surface area contributed by atoms with Crippen molar-refractivity contribution in [2.75, 3.05) is 14.2 Å². The lowest BCUT2D eigenvalue weighted by atomic mass is 9.93. The first-order valence-electron chi connectivity index (χ1n) is 6.15. The third-order valence-electron chi connectivity index (χ3n) is 3.29. The summed E-state index contributed by atoms with van der Waals surface area (Å²) in [5.41, 5.74) is -0.243. The first-order chi connectivity index (χ1) is 8.80. The number of benzene rings is 1. The minimum Gasteiger partial charge on any atom is -0.379 e. The fourth-order valence-electron chi connectivity index (χ4n) is 1.96. The van der Waals surface area contributed by atoms with Gasteiger partial charge in [0.05, 0.1) is 10.1 Å². The van der Waals surface area contributed by atoms with E-state index in [9.17, 15) is 8.78 Å². The summed E-state index contributed by atoms with van der Waals surface area (Å²) in [4.78, 5) is 0. The highest BCUT2D eigenvalue weighted by molar-refractivity contribution is 9.10. The van der Waals surface area contributed by atoms with E-state index in [-0.39, 0.29) is 28.1 Å². The molecule has 1 aromatic rings. The van der Waals surface area contributed by atoms with Crippen LogP contribution in [-0.4, -0.2) is 25.8 Å². The van der Waals surface area contributed by atoms with Crippen molar-refractivity contribution in [1.82, 2.24) is 5.32 Å². The number of hydrogen-bond acceptors (Lipinski definition) is 2. The molecule has 0 aromatic heterocycles. The summed E-state index contributed by atoms with van der Waals surface area (Å²) in [6, 6.07) is 2.59. The highest BCUT2D eigenvalue weighted by atomic mass is 79.9. The monoisotopic (exact) mass is 335 g/mol. The number of methoxy groups -OCH3 is 1. The molecule has 1 N–H and O–H groups in total. The molecule has 0 fully saturated rings. The smallest absolute Gasteiger partial charge is 0.143 e. The van der Waals surface area contributed by atoms with Crippen molar-refractivity contribution in [2.24, 2.45) is 0 Å². The van der Waals surface area contributed by atoms with Crippen molar-refractivity contribution in [3.8, 4) is 0 Å². The van der Waals surface area contributed by atoms with Crippen LogP contribution >= 0.6 is 15.9 Å². The van der Waals surface area contributed by atoms with Gasteiger partial charge in [-0.2, -0.15) is 0 Å². The van der Waals surface area contributed by atoms with Gasteiger partial charge in [0.25, 0.3) is 0 Å². The maximum atomic E-state index is 13.9. The van der Waals surface area contributed by atoms with Gasteiger partial charge in [0.1, 0.15) is 11.6 Å². The highest BCUT2D eigenvalue weighted by Crippen LogP contribution is 2.25. The molecular weight excluding hydrogens is 316 g/mol. The largest absolute Gasteiger partial charge is 0.379 e. The minimum absolute atomic E-state index is 0.0618. The first kappa shape index (κ1) is 16.5. The van der Waals surface area contributed by atoms with E-state index in [1.165, 1.54) is 12.1 Å². The molecule has 1 atom stereocenters. The molecule has 0 aliphatic heterocycles. The van der Waals surface area contributed by atoms with Gasteiger partial charge in [0.15, 0.2) is 0 Å². The normalized spacial score (nSPS) is 13.6. The van der Waals surface area contributed by atoms with E-state index in [1.807, 2.05) is 13.8 Å². The second-order valence-electron chi connectivity index (χ2n) is 5.18. The van der Waals surface area contributed by atoms with Crippen LogP contribution in [0.4, 0.5) is 8.78 Å². The van der Waals surface area contributed by atoms with Gasteiger partial charge in [-0.05, 0) is 61.8 Å². The van der Waals surface area contributed by atoms with Crippen LogP contribution in [-0.2, 0) is 11.2 Å². The molecule has 19 heavy (non-hydrogen) atoms. The Morgan fingerprint density at radius 1 is 1.37 bits per heavy atom. The molecule has 1 aromatic carbocycles. The second kappa shape index (κ2) is 6.77. The minimum atomic E-state index is -0.532. The Balaban J connectivity index is 2.90. The Morgan fingerprint density at radius 2 is 2.00 bits per heavy atom. The molecule has 0 amide bonds. The Labute approximate surface area is 121 Å². The molecule has 108 valence electrons. The number of likely N-dealkylation sites (N-methyl/N-ethyl adjacent to an activating group) is 1. The van der Waals surface area contributed by atoms with Crippen LogP contribution in [0.25, 0.3) is 0 Å². The SMILES string of the molecule is CNC(Cc1c(F)ccc(Br)c1F)CC(C)(C)OC. The predicted octanol–water partition coefficient (Wildman–Crippen LogP) is 3.67. The van der Waals surface area contributed by atoms with Crippen molar-refractivity contribution in [3.63, 3.8) is 0 Å². The van der Waals surface area contributed by atoms with Gasteiger partial charge >= 0.3 is 0 Å². The Kier molecular flexibility index (Phi) is 5.89. The average molecular weight is 336 g/mol. The molecule has 0 heterocycles. The topological polar surface area (TPSA) is 21.3 Å². The lowest BCUT2D eigenvalue weighted by Gasteiger charge is -2.28. The molecule has 0 spiro atoms. The molecule has 1 unspecified atom stereocenters. The van der Waals surface area contributed by atoms with Crippen molar-refractivity contribution < 1.29 is 13.5 Å². The molecule has 0 aliphatic carbocycles. The van der Waals surface area contributed by atoms with Crippen molar-refractivity contribution >= 4 is 15.9 Å². The van der Waals surface area contributed by atoms with E-state index in [0.29, 0.717) is 6.42 Å². The third-order valence-corrected chi connectivity index (χ3v) is 3.90. The summed E-state index contributed by atoms with van der Waals surface area (Å²) in [5.74, 6) is -1.05. The Bertz CT molecular complexity index is 438. The summed E-state index contributed by atoms with van der Waals surface area (Å²) in [6.45, 7) is 3.90. The fourth-order valence-corrected chi connectivity index (χ4v) is 2.33. The maximum Gasteiger partial charge on any atom is 0.143 e. The lowest BCUT2D eigenvalue weighted by molar-refractivity contribution is 0.00759. The van der Waals surface area contributed by atoms with Crippen LogP contribution in [0.1, 0.15) is 25.8 Å². The molecule has 2 nitrogen and oxygen atoms in total. The van der Waals surface area contributed by atoms with E-state index < -0.39 is 11.6 Å². The van der Waals surface area contributed by atoms with Gasteiger partial charge in [-0.3, -0.25) is 0 Å². The summed E-state index contributed by atoms with van der Waals surface area (Å²) < 4.78 is 33.3. The van der Waals surface area contributed by atoms with Crippen LogP contribution in [0.2, 0.25) is 0 Å². The molecule has 0 aliphatic rings. The van der Waals surface area contributed by atoms with Gasteiger partial charge in [-0.1, -0.05) is 0 Å². The summed E-state index contributed by atoms with van der Waals surface area (Å²) in [7, 11) is 3.41. The lowest BCUT2D eigenvalue weighted by Crippen LogP contribution is -2.37. The van der Waals surface area contributed by atoms with Crippen molar-refractivity contribution in [2.45, 2.75) is 38.3 Å². The summed E-state index contributed by atoms with van der Waals surface area (Å²) in [5, 5.41) is 3.09. The second-order valence-corrected chi connectivity index (χ2v) is 6.03. The molecule has 0 saturated carbocycles. The van der Waals surface area contributed by atoms with Gasteiger partial charge in [0.2, 0.25) is 0 Å². The van der Waals surface area contributed by atoms with Gasteiger partial charge in [0, 0.05) is 18.7 Å². The van der Waals surface area contributed by atoms with Crippen molar-refractivity contribution in [1.29, 1.82) is 0 Å². The highest BCUT2D eigenvalue weighted by Gasteiger charge is 2.24. The van der Waals surface area contributed by atoms with Crippen molar-refractivity contribution in [3.05, 3.63) is 33.8 Å². The van der Waals surface area contributed by atoms with E-state index in [1.54, 1.807) is 14.2 Å². The number of rotatable bonds is 6. The Morgan fingerprint density at radius 3 is 2.53 bits per heavy atom. The van der Waals surface area contributed by atoms with E-state index in [2.05, 4.69) is 21.2 Å². The molecule has 0 bridgehead atoms. The predicted molar refractivity (Wildman–Crippen MR) is 76.3 cm³/mol. The third kappa shape index (κ3) is 4.51. The first-order valence-corrected chi connectivity index (χ1v) is 6.95. The van der Waals surface area contributed by atoms with E-state index >= 15 is 0 Å². The van der Waals surface area contributed by atoms with Crippen LogP contribution in [0.15, 0.2) is 16.6 Å². The molecule has 0 radical (unpaired) electrons. The van der Waals surface area contributed by atoms with Gasteiger partial charge < -0.3 is 10.1 Å². The molecule has 1 rings (SSSR count). The van der Waals surface area contributed by atoms with Crippen LogP contribution in [0.3, 0.4) is 0 Å². The Hall–Kier alpha value is -0.520. The zero-order chi connectivity index (χ0) is 14.6. The van der Waals surface area contributed by atoms with Crippen LogP contribution in [0, 0.1) is 11.6 Å². The zero-order valence-corrected chi connectivity index (χ0v) is 13.3. The number of halogens is 3.